The molecule has 0 N–H and O–H groups in total. The molecule has 0 amide bonds. The maximum absolute atomic E-state index is 11.9. The van der Waals surface area contributed by atoms with E-state index >= 15 is 0 Å². The van der Waals surface area contributed by atoms with Crippen LogP contribution in [0.1, 0.15) is 66.6 Å². The molecule has 4 atom stereocenters. The highest BCUT2D eigenvalue weighted by Crippen LogP contribution is 2.38. The average molecular weight is 476 g/mol. The Hall–Kier alpha value is -2.43. The summed E-state index contributed by atoms with van der Waals surface area (Å²) in [5.41, 5.74) is 0.436. The van der Waals surface area contributed by atoms with Gasteiger partial charge in [0.15, 0.2) is 6.10 Å². The Morgan fingerprint density at radius 2 is 1.59 bits per heavy atom. The summed E-state index contributed by atoms with van der Waals surface area (Å²) < 4.78 is 34.7. The number of benzene rings is 1. The van der Waals surface area contributed by atoms with Crippen LogP contribution < -0.4 is 5.46 Å². The molecule has 2 heterocycles. The number of hydrogen-bond donors (Lipinski definition) is 0. The summed E-state index contributed by atoms with van der Waals surface area (Å²) in [6, 6.07) is 7.41. The molecule has 34 heavy (non-hydrogen) atoms. The van der Waals surface area contributed by atoms with Crippen LogP contribution in [-0.2, 0) is 42.6 Å². The summed E-state index contributed by atoms with van der Waals surface area (Å²) >= 11 is 0. The van der Waals surface area contributed by atoms with Crippen molar-refractivity contribution in [3.63, 3.8) is 0 Å². The van der Waals surface area contributed by atoms with E-state index in [9.17, 15) is 14.4 Å². The van der Waals surface area contributed by atoms with Crippen molar-refractivity contribution in [2.45, 2.75) is 90.5 Å². The highest BCUT2D eigenvalue weighted by Gasteiger charge is 2.52. The lowest BCUT2D eigenvalue weighted by molar-refractivity contribution is -0.214. The molecule has 10 heteroatoms. The third kappa shape index (κ3) is 5.97. The third-order valence-electron chi connectivity index (χ3n) is 6.36. The van der Waals surface area contributed by atoms with Gasteiger partial charge in [0.25, 0.3) is 0 Å². The Balaban J connectivity index is 1.94. The van der Waals surface area contributed by atoms with Gasteiger partial charge in [0.05, 0.1) is 17.3 Å². The van der Waals surface area contributed by atoms with Crippen LogP contribution in [0.5, 0.6) is 0 Å². The lowest BCUT2D eigenvalue weighted by atomic mass is 9.77. The van der Waals surface area contributed by atoms with E-state index in [-0.39, 0.29) is 13.0 Å². The minimum absolute atomic E-state index is 0.0205. The topological polar surface area (TPSA) is 107 Å². The summed E-state index contributed by atoms with van der Waals surface area (Å²) in [6.07, 6.45) is -2.79. The first-order valence-corrected chi connectivity index (χ1v) is 11.4. The van der Waals surface area contributed by atoms with Crippen LogP contribution in [0, 0.1) is 0 Å². The van der Waals surface area contributed by atoms with Gasteiger partial charge in [0.1, 0.15) is 18.8 Å². The summed E-state index contributed by atoms with van der Waals surface area (Å²) in [4.78, 5) is 35.0. The van der Waals surface area contributed by atoms with Crippen molar-refractivity contribution < 1.29 is 42.6 Å². The zero-order valence-corrected chi connectivity index (χ0v) is 20.8. The van der Waals surface area contributed by atoms with Gasteiger partial charge in [-0.2, -0.15) is 0 Å². The van der Waals surface area contributed by atoms with Crippen LogP contribution in [0.15, 0.2) is 24.3 Å². The summed E-state index contributed by atoms with van der Waals surface area (Å²) in [5, 5.41) is 0. The standard InChI is InChI=1S/C24H33BO9/c1-14(26)29-13-19-12-20(30-15(2)27)22(31-16(3)28)21(32-19)17-9-8-10-18(11-17)25-33-23(4,5)24(6,7)34-25/h8-11,19-22H,12-13H2,1-7H3/t19-,20-,21+,22-/m0/s1. The van der Waals surface area contributed by atoms with Crippen molar-refractivity contribution >= 4 is 30.5 Å². The van der Waals surface area contributed by atoms with Crippen LogP contribution in [-0.4, -0.2) is 61.1 Å². The van der Waals surface area contributed by atoms with Gasteiger partial charge < -0.3 is 28.3 Å². The third-order valence-corrected chi connectivity index (χ3v) is 6.36. The fraction of sp³-hybridized carbons (Fsp3) is 0.625. The smallest absolute Gasteiger partial charge is 0.463 e. The summed E-state index contributed by atoms with van der Waals surface area (Å²) in [5.74, 6) is -1.50. The Morgan fingerprint density at radius 1 is 0.971 bits per heavy atom. The van der Waals surface area contributed by atoms with E-state index in [1.54, 1.807) is 0 Å². The second kappa shape index (κ2) is 10.1. The molecule has 0 unspecified atom stereocenters. The molecule has 1 aromatic carbocycles. The van der Waals surface area contributed by atoms with Crippen LogP contribution >= 0.6 is 0 Å². The van der Waals surface area contributed by atoms with Gasteiger partial charge in [-0.1, -0.05) is 24.3 Å². The molecule has 0 aromatic heterocycles. The van der Waals surface area contributed by atoms with E-state index in [1.165, 1.54) is 20.8 Å². The van der Waals surface area contributed by atoms with Crippen LogP contribution in [0.3, 0.4) is 0 Å². The number of ether oxygens (including phenoxy) is 4. The Morgan fingerprint density at radius 3 is 2.15 bits per heavy atom. The molecule has 0 spiro atoms. The van der Waals surface area contributed by atoms with Gasteiger partial charge in [-0.3, -0.25) is 14.4 Å². The first-order chi connectivity index (χ1) is 15.8. The number of esters is 3. The van der Waals surface area contributed by atoms with E-state index < -0.39 is 60.6 Å². The van der Waals surface area contributed by atoms with Crippen molar-refractivity contribution in [3.8, 4) is 0 Å². The summed E-state index contributed by atoms with van der Waals surface area (Å²) in [6.45, 7) is 11.8. The highest BCUT2D eigenvalue weighted by molar-refractivity contribution is 6.62. The van der Waals surface area contributed by atoms with E-state index in [0.717, 1.165) is 5.46 Å². The van der Waals surface area contributed by atoms with E-state index in [1.807, 2.05) is 52.0 Å². The zero-order chi connectivity index (χ0) is 25.3. The lowest BCUT2D eigenvalue weighted by Gasteiger charge is -2.40. The maximum atomic E-state index is 11.9. The summed E-state index contributed by atoms with van der Waals surface area (Å²) in [7, 11) is -0.596. The molecular weight excluding hydrogens is 443 g/mol. The molecule has 0 saturated carbocycles. The molecule has 2 fully saturated rings. The van der Waals surface area contributed by atoms with Crippen molar-refractivity contribution in [3.05, 3.63) is 29.8 Å². The Labute approximate surface area is 200 Å². The fourth-order valence-electron chi connectivity index (χ4n) is 4.03. The number of carbonyl (C=O) groups excluding carboxylic acids is 3. The second-order valence-electron chi connectivity index (χ2n) is 9.70. The molecule has 2 aliphatic rings. The van der Waals surface area contributed by atoms with E-state index in [2.05, 4.69) is 0 Å². The predicted molar refractivity (Wildman–Crippen MR) is 122 cm³/mol. The van der Waals surface area contributed by atoms with Crippen molar-refractivity contribution in [1.29, 1.82) is 0 Å². The number of rotatable bonds is 6. The minimum atomic E-state index is -0.886. The van der Waals surface area contributed by atoms with E-state index in [0.29, 0.717) is 5.56 Å². The molecule has 1 aromatic rings. The second-order valence-corrected chi connectivity index (χ2v) is 9.70. The molecule has 9 nitrogen and oxygen atoms in total. The quantitative estimate of drug-likeness (QED) is 0.347. The number of hydrogen-bond acceptors (Lipinski definition) is 9. The molecule has 2 aliphatic heterocycles. The molecule has 2 saturated heterocycles. The van der Waals surface area contributed by atoms with Gasteiger partial charge in [-0.05, 0) is 38.7 Å². The normalized spacial score (nSPS) is 27.7. The average Bonchev–Trinajstić information content (AvgIpc) is 2.94. The molecule has 186 valence electrons. The minimum Gasteiger partial charge on any atom is -0.463 e. The Bertz CT molecular complexity index is 913. The van der Waals surface area contributed by atoms with Gasteiger partial charge in [-0.25, -0.2) is 0 Å². The van der Waals surface area contributed by atoms with Gasteiger partial charge in [-0.15, -0.1) is 0 Å². The first-order valence-electron chi connectivity index (χ1n) is 11.4. The largest absolute Gasteiger partial charge is 0.494 e. The zero-order valence-electron chi connectivity index (χ0n) is 20.8. The first kappa shape index (κ1) is 26.2. The Kier molecular flexibility index (Phi) is 7.74. The van der Waals surface area contributed by atoms with Crippen LogP contribution in [0.2, 0.25) is 0 Å². The molecular formula is C24H33BO9. The highest BCUT2D eigenvalue weighted by atomic mass is 16.7. The molecule has 0 aliphatic carbocycles. The monoisotopic (exact) mass is 476 g/mol. The van der Waals surface area contributed by atoms with Gasteiger partial charge >= 0.3 is 25.0 Å². The van der Waals surface area contributed by atoms with Crippen LogP contribution in [0.25, 0.3) is 0 Å². The predicted octanol–water partition coefficient (Wildman–Crippen LogP) is 2.24. The van der Waals surface area contributed by atoms with Crippen molar-refractivity contribution in [1.82, 2.24) is 0 Å². The number of carbonyl (C=O) groups is 3. The van der Waals surface area contributed by atoms with Crippen molar-refractivity contribution in [2.24, 2.45) is 0 Å². The van der Waals surface area contributed by atoms with Gasteiger partial charge in [0, 0.05) is 27.2 Å². The lowest BCUT2D eigenvalue weighted by Crippen LogP contribution is -2.49. The molecule has 0 bridgehead atoms. The van der Waals surface area contributed by atoms with E-state index in [4.69, 9.17) is 28.3 Å². The maximum Gasteiger partial charge on any atom is 0.494 e. The van der Waals surface area contributed by atoms with Gasteiger partial charge in [0.2, 0.25) is 0 Å². The van der Waals surface area contributed by atoms with Crippen LogP contribution in [0.4, 0.5) is 0 Å². The SMILES string of the molecule is CC(=O)OC[C@@H]1C[C@H](OC(C)=O)[C@H](OC(C)=O)[C@@H](c2cccc(B3OC(C)(C)C(C)(C)O3)c2)O1. The molecule has 0 radical (unpaired) electrons. The fourth-order valence-corrected chi connectivity index (χ4v) is 4.03. The van der Waals surface area contributed by atoms with Crippen molar-refractivity contribution in [2.75, 3.05) is 6.61 Å². The molecule has 3 rings (SSSR count).